The molecule has 1 amide bonds. The Kier molecular flexibility index (Phi) is 7.05. The number of nitrogens with one attached hydrogen (secondary N) is 1. The van der Waals surface area contributed by atoms with Crippen LogP contribution in [-0.2, 0) is 11.2 Å². The Balaban J connectivity index is 2.30. The van der Waals surface area contributed by atoms with Gasteiger partial charge in [-0.3, -0.25) is 4.79 Å². The smallest absolute Gasteiger partial charge is 0.261 e. The number of ether oxygens (including phenoxy) is 1. The number of aryl methyl sites for hydroxylation is 1. The first kappa shape index (κ1) is 16.1. The topological polar surface area (TPSA) is 58.6 Å². The van der Waals surface area contributed by atoms with Crippen molar-refractivity contribution in [2.24, 2.45) is 5.92 Å². The number of rotatable bonds is 8. The van der Waals surface area contributed by atoms with Gasteiger partial charge in [0.05, 0.1) is 17.6 Å². The number of carbonyl (C=O) groups excluding carboxylic acids is 1. The van der Waals surface area contributed by atoms with E-state index in [0.717, 1.165) is 16.9 Å². The highest BCUT2D eigenvalue weighted by molar-refractivity contribution is 7.12. The molecule has 2 N–H and O–H groups in total. The maximum Gasteiger partial charge on any atom is 0.261 e. The summed E-state index contributed by atoms with van der Waals surface area (Å²) in [4.78, 5) is 12.7. The molecule has 1 aromatic heterocycles. The first-order chi connectivity index (χ1) is 9.04. The van der Waals surface area contributed by atoms with Crippen molar-refractivity contribution in [2.45, 2.75) is 33.3 Å². The minimum atomic E-state index is -0.660. The summed E-state index contributed by atoms with van der Waals surface area (Å²) in [6, 6.07) is 1.96. The molecule has 0 aliphatic carbocycles. The lowest BCUT2D eigenvalue weighted by Crippen LogP contribution is -2.34. The van der Waals surface area contributed by atoms with Crippen molar-refractivity contribution >= 4 is 17.2 Å². The number of hydrogen-bond acceptors (Lipinski definition) is 4. The Labute approximate surface area is 118 Å². The van der Waals surface area contributed by atoms with Crippen molar-refractivity contribution in [3.63, 3.8) is 0 Å². The van der Waals surface area contributed by atoms with Gasteiger partial charge in [0, 0.05) is 13.2 Å². The van der Waals surface area contributed by atoms with Crippen molar-refractivity contribution < 1.29 is 14.6 Å². The summed E-state index contributed by atoms with van der Waals surface area (Å²) in [7, 11) is 0. The number of thiophene rings is 1. The van der Waals surface area contributed by atoms with Crippen LogP contribution in [0.3, 0.4) is 0 Å². The van der Waals surface area contributed by atoms with E-state index in [0.29, 0.717) is 12.5 Å². The van der Waals surface area contributed by atoms with Crippen LogP contribution in [0.25, 0.3) is 0 Å². The van der Waals surface area contributed by atoms with Gasteiger partial charge in [-0.1, -0.05) is 20.8 Å². The van der Waals surface area contributed by atoms with Crippen molar-refractivity contribution in [3.05, 3.63) is 21.9 Å². The Morgan fingerprint density at radius 2 is 2.21 bits per heavy atom. The molecule has 1 unspecified atom stereocenters. The molecule has 0 aliphatic heterocycles. The van der Waals surface area contributed by atoms with Crippen LogP contribution in [0.5, 0.6) is 0 Å². The predicted molar refractivity (Wildman–Crippen MR) is 77.7 cm³/mol. The van der Waals surface area contributed by atoms with Gasteiger partial charge in [-0.15, -0.1) is 11.3 Å². The third kappa shape index (κ3) is 5.72. The summed E-state index contributed by atoms with van der Waals surface area (Å²) >= 11 is 1.43. The molecule has 0 radical (unpaired) electrons. The van der Waals surface area contributed by atoms with Crippen molar-refractivity contribution in [1.29, 1.82) is 0 Å². The van der Waals surface area contributed by atoms with E-state index in [1.807, 2.05) is 18.4 Å². The van der Waals surface area contributed by atoms with Crippen LogP contribution in [0.1, 0.15) is 36.0 Å². The maximum absolute atomic E-state index is 11.9. The van der Waals surface area contributed by atoms with Gasteiger partial charge in [0.25, 0.3) is 5.91 Å². The van der Waals surface area contributed by atoms with Gasteiger partial charge >= 0.3 is 0 Å². The largest absolute Gasteiger partial charge is 0.389 e. The summed E-state index contributed by atoms with van der Waals surface area (Å²) in [5.41, 5.74) is 1.05. The Hall–Kier alpha value is -0.910. The van der Waals surface area contributed by atoms with Crippen LogP contribution in [0.15, 0.2) is 11.4 Å². The second kappa shape index (κ2) is 8.30. The molecule has 1 atom stereocenters. The number of aliphatic hydroxyl groups is 1. The molecule has 0 aliphatic rings. The molecule has 0 bridgehead atoms. The summed E-state index contributed by atoms with van der Waals surface area (Å²) in [6.07, 6.45) is 0.180. The van der Waals surface area contributed by atoms with E-state index in [1.165, 1.54) is 11.3 Å². The summed E-state index contributed by atoms with van der Waals surface area (Å²) in [6.45, 7) is 7.22. The van der Waals surface area contributed by atoms with E-state index in [-0.39, 0.29) is 19.1 Å². The first-order valence-corrected chi connectivity index (χ1v) is 7.52. The normalized spacial score (nSPS) is 12.7. The Morgan fingerprint density at radius 1 is 1.47 bits per heavy atom. The van der Waals surface area contributed by atoms with Crippen LogP contribution in [0, 0.1) is 5.92 Å². The van der Waals surface area contributed by atoms with Crippen LogP contribution >= 0.6 is 11.3 Å². The second-order valence-corrected chi connectivity index (χ2v) is 5.84. The van der Waals surface area contributed by atoms with Gasteiger partial charge in [0.1, 0.15) is 0 Å². The molecule has 1 rings (SSSR count). The van der Waals surface area contributed by atoms with E-state index in [2.05, 4.69) is 19.2 Å². The predicted octanol–water partition coefficient (Wildman–Crippen LogP) is 2.07. The van der Waals surface area contributed by atoms with Gasteiger partial charge in [-0.2, -0.15) is 0 Å². The molecule has 5 heteroatoms. The molecule has 0 saturated carbocycles. The minimum absolute atomic E-state index is 0.116. The third-order valence-corrected chi connectivity index (χ3v) is 3.55. The quantitative estimate of drug-likeness (QED) is 0.769. The fourth-order valence-corrected chi connectivity index (χ4v) is 2.51. The molecule has 1 heterocycles. The molecule has 1 aromatic rings. The minimum Gasteiger partial charge on any atom is -0.389 e. The van der Waals surface area contributed by atoms with Crippen molar-refractivity contribution in [3.8, 4) is 0 Å². The molecular weight excluding hydrogens is 262 g/mol. The zero-order valence-corrected chi connectivity index (χ0v) is 12.6. The van der Waals surface area contributed by atoms with Crippen LogP contribution in [0.2, 0.25) is 0 Å². The summed E-state index contributed by atoms with van der Waals surface area (Å²) in [5, 5.41) is 14.4. The average Bonchev–Trinajstić information content (AvgIpc) is 2.83. The number of hydrogen-bond donors (Lipinski definition) is 2. The zero-order valence-electron chi connectivity index (χ0n) is 11.8. The van der Waals surface area contributed by atoms with Gasteiger partial charge in [-0.05, 0) is 29.3 Å². The van der Waals surface area contributed by atoms with E-state index in [1.54, 1.807) is 0 Å². The Bertz CT molecular complexity index is 390. The summed E-state index contributed by atoms with van der Waals surface area (Å²) < 4.78 is 5.33. The molecule has 108 valence electrons. The molecule has 19 heavy (non-hydrogen) atoms. The highest BCUT2D eigenvalue weighted by Crippen LogP contribution is 2.16. The molecule has 0 aromatic carbocycles. The summed E-state index contributed by atoms with van der Waals surface area (Å²) in [5.74, 6) is 0.329. The van der Waals surface area contributed by atoms with E-state index in [9.17, 15) is 9.90 Å². The number of amides is 1. The Morgan fingerprint density at radius 3 is 2.84 bits per heavy atom. The van der Waals surface area contributed by atoms with Gasteiger partial charge in [0.2, 0.25) is 0 Å². The molecule has 0 saturated heterocycles. The van der Waals surface area contributed by atoms with Gasteiger partial charge < -0.3 is 15.2 Å². The molecule has 4 nitrogen and oxygen atoms in total. The second-order valence-electron chi connectivity index (χ2n) is 4.92. The first-order valence-electron chi connectivity index (χ1n) is 6.65. The van der Waals surface area contributed by atoms with Crippen LogP contribution in [0.4, 0.5) is 0 Å². The average molecular weight is 285 g/mol. The molecule has 0 spiro atoms. The molecular formula is C14H23NO3S. The van der Waals surface area contributed by atoms with Crippen molar-refractivity contribution in [2.75, 3.05) is 19.8 Å². The lowest BCUT2D eigenvalue weighted by Gasteiger charge is -2.13. The lowest BCUT2D eigenvalue weighted by atomic mass is 10.2. The highest BCUT2D eigenvalue weighted by atomic mass is 32.1. The zero-order chi connectivity index (χ0) is 14.3. The SMILES string of the molecule is CCc1ccsc1C(=O)NCC(O)COCC(C)C. The monoisotopic (exact) mass is 285 g/mol. The fourth-order valence-electron chi connectivity index (χ4n) is 1.60. The highest BCUT2D eigenvalue weighted by Gasteiger charge is 2.13. The van der Waals surface area contributed by atoms with Gasteiger partial charge in [-0.25, -0.2) is 0 Å². The third-order valence-electron chi connectivity index (χ3n) is 2.59. The lowest BCUT2D eigenvalue weighted by molar-refractivity contribution is 0.0259. The number of carbonyl (C=O) groups is 1. The van der Waals surface area contributed by atoms with E-state index < -0.39 is 6.10 Å². The number of aliphatic hydroxyl groups excluding tert-OH is 1. The van der Waals surface area contributed by atoms with Crippen molar-refractivity contribution in [1.82, 2.24) is 5.32 Å². The van der Waals surface area contributed by atoms with Crippen LogP contribution in [-0.4, -0.2) is 36.9 Å². The maximum atomic E-state index is 11.9. The van der Waals surface area contributed by atoms with Crippen LogP contribution < -0.4 is 5.32 Å². The van der Waals surface area contributed by atoms with E-state index in [4.69, 9.17) is 4.74 Å². The molecule has 0 fully saturated rings. The van der Waals surface area contributed by atoms with E-state index >= 15 is 0 Å². The standard InChI is InChI=1S/C14H23NO3S/c1-4-11-5-6-19-13(11)14(17)15-7-12(16)9-18-8-10(2)3/h5-6,10,12,16H,4,7-9H2,1-3H3,(H,15,17). The van der Waals surface area contributed by atoms with Gasteiger partial charge in [0.15, 0.2) is 0 Å². The fraction of sp³-hybridized carbons (Fsp3) is 0.643.